The largest absolute Gasteiger partial charge is 0.342 e. The van der Waals surface area contributed by atoms with E-state index in [0.29, 0.717) is 11.8 Å². The van der Waals surface area contributed by atoms with Gasteiger partial charge in [0.1, 0.15) is 0 Å². The molecule has 1 amide bonds. The molecule has 1 aromatic rings. The number of amides is 1. The molecule has 0 spiro atoms. The number of carbonyl (C=O) groups excluding carboxylic acids is 1. The molecule has 3 atom stereocenters. The second-order valence-electron chi connectivity index (χ2n) is 6.54. The van der Waals surface area contributed by atoms with Crippen molar-refractivity contribution in [2.75, 3.05) is 13.1 Å². The Morgan fingerprint density at radius 2 is 1.90 bits per heavy atom. The van der Waals surface area contributed by atoms with Crippen LogP contribution in [0.25, 0.3) is 0 Å². The van der Waals surface area contributed by atoms with Gasteiger partial charge in [-0.1, -0.05) is 30.3 Å². The van der Waals surface area contributed by atoms with E-state index >= 15 is 0 Å². The monoisotopic (exact) mass is 286 g/mol. The second kappa shape index (κ2) is 5.45. The summed E-state index contributed by atoms with van der Waals surface area (Å²) in [6.07, 6.45) is 3.40. The van der Waals surface area contributed by atoms with Crippen LogP contribution in [0, 0.1) is 11.8 Å². The molecule has 114 valence electrons. The van der Waals surface area contributed by atoms with Crippen LogP contribution >= 0.6 is 0 Å². The summed E-state index contributed by atoms with van der Waals surface area (Å²) in [5, 5.41) is 0. The Labute approximate surface area is 127 Å². The van der Waals surface area contributed by atoms with E-state index in [1.54, 1.807) is 0 Å². The summed E-state index contributed by atoms with van der Waals surface area (Å²) in [7, 11) is 0. The first-order valence-electron chi connectivity index (χ1n) is 8.25. The Morgan fingerprint density at radius 1 is 1.29 bits per heavy atom. The minimum atomic E-state index is -0.352. The minimum Gasteiger partial charge on any atom is -0.342 e. The third-order valence-corrected chi connectivity index (χ3v) is 5.37. The van der Waals surface area contributed by atoms with Crippen LogP contribution in [-0.2, 0) is 10.2 Å². The van der Waals surface area contributed by atoms with E-state index in [9.17, 15) is 4.79 Å². The van der Waals surface area contributed by atoms with Crippen LogP contribution < -0.4 is 5.73 Å². The van der Waals surface area contributed by atoms with Crippen LogP contribution in [0.5, 0.6) is 0 Å². The molecule has 0 radical (unpaired) electrons. The topological polar surface area (TPSA) is 46.3 Å². The Bertz CT molecular complexity index is 507. The molecule has 3 nitrogen and oxygen atoms in total. The zero-order valence-electron chi connectivity index (χ0n) is 13.1. The fraction of sp³-hybridized carbons (Fsp3) is 0.611. The lowest BCUT2D eigenvalue weighted by molar-refractivity contribution is -0.134. The van der Waals surface area contributed by atoms with Gasteiger partial charge in [0.15, 0.2) is 0 Å². The molecule has 0 unspecified atom stereocenters. The molecule has 0 bridgehead atoms. The van der Waals surface area contributed by atoms with E-state index in [-0.39, 0.29) is 17.4 Å². The maximum absolute atomic E-state index is 13.1. The van der Waals surface area contributed by atoms with Crippen LogP contribution in [0.4, 0.5) is 0 Å². The highest BCUT2D eigenvalue weighted by molar-refractivity contribution is 5.92. The van der Waals surface area contributed by atoms with Crippen molar-refractivity contribution in [3.8, 4) is 0 Å². The summed E-state index contributed by atoms with van der Waals surface area (Å²) in [5.41, 5.74) is 7.25. The van der Waals surface area contributed by atoms with Gasteiger partial charge in [0.2, 0.25) is 5.91 Å². The van der Waals surface area contributed by atoms with E-state index in [4.69, 9.17) is 5.73 Å². The molecular weight excluding hydrogens is 260 g/mol. The molecule has 0 aliphatic heterocycles. The van der Waals surface area contributed by atoms with Gasteiger partial charge >= 0.3 is 0 Å². The number of hydrogen-bond donors (Lipinski definition) is 1. The lowest BCUT2D eigenvalue weighted by atomic mass is 9.88. The Kier molecular flexibility index (Phi) is 3.78. The molecule has 2 aliphatic rings. The lowest BCUT2D eigenvalue weighted by Crippen LogP contribution is -2.42. The number of benzene rings is 1. The van der Waals surface area contributed by atoms with Gasteiger partial charge in [-0.25, -0.2) is 0 Å². The minimum absolute atomic E-state index is 0.185. The average molecular weight is 286 g/mol. The summed E-state index contributed by atoms with van der Waals surface area (Å²) in [6, 6.07) is 10.5. The van der Waals surface area contributed by atoms with Crippen molar-refractivity contribution in [1.29, 1.82) is 0 Å². The SMILES string of the molecule is CCN(CC)C(=O)[C@@]1(c2ccccc2)C[C@H]1[C@H](N)C1CC1. The number of nitrogens with zero attached hydrogens (tertiary/aromatic N) is 1. The molecular formula is C18H26N2O. The molecule has 0 heterocycles. The molecule has 1 aromatic carbocycles. The van der Waals surface area contributed by atoms with Gasteiger partial charge < -0.3 is 10.6 Å². The van der Waals surface area contributed by atoms with Crippen LogP contribution in [-0.4, -0.2) is 29.9 Å². The molecule has 2 saturated carbocycles. The molecule has 3 rings (SSSR count). The molecule has 21 heavy (non-hydrogen) atoms. The van der Waals surface area contributed by atoms with Crippen molar-refractivity contribution in [3.63, 3.8) is 0 Å². The van der Waals surface area contributed by atoms with Gasteiger partial charge in [-0.05, 0) is 50.5 Å². The first-order valence-corrected chi connectivity index (χ1v) is 8.25. The summed E-state index contributed by atoms with van der Waals surface area (Å²) in [6.45, 7) is 5.65. The van der Waals surface area contributed by atoms with Crippen LogP contribution in [0.1, 0.15) is 38.7 Å². The quantitative estimate of drug-likeness (QED) is 0.873. The fourth-order valence-electron chi connectivity index (χ4n) is 3.79. The number of nitrogens with two attached hydrogens (primary N) is 1. The summed E-state index contributed by atoms with van der Waals surface area (Å²) >= 11 is 0. The van der Waals surface area contributed by atoms with E-state index in [0.717, 1.165) is 25.1 Å². The predicted molar refractivity (Wildman–Crippen MR) is 84.9 cm³/mol. The van der Waals surface area contributed by atoms with E-state index < -0.39 is 0 Å². The third kappa shape index (κ3) is 2.38. The van der Waals surface area contributed by atoms with Crippen molar-refractivity contribution in [1.82, 2.24) is 4.90 Å². The number of rotatable bonds is 6. The van der Waals surface area contributed by atoms with Crippen LogP contribution in [0.15, 0.2) is 30.3 Å². The first kappa shape index (κ1) is 14.6. The summed E-state index contributed by atoms with van der Waals surface area (Å²) in [5.74, 6) is 1.24. The van der Waals surface area contributed by atoms with Crippen molar-refractivity contribution in [3.05, 3.63) is 35.9 Å². The average Bonchev–Trinajstić information content (AvgIpc) is 3.41. The second-order valence-corrected chi connectivity index (χ2v) is 6.54. The van der Waals surface area contributed by atoms with Crippen molar-refractivity contribution >= 4 is 5.91 Å². The smallest absolute Gasteiger partial charge is 0.233 e. The van der Waals surface area contributed by atoms with Crippen LogP contribution in [0.2, 0.25) is 0 Å². The summed E-state index contributed by atoms with van der Waals surface area (Å²) < 4.78 is 0. The zero-order chi connectivity index (χ0) is 15.0. The highest BCUT2D eigenvalue weighted by Gasteiger charge is 2.65. The van der Waals surface area contributed by atoms with E-state index in [1.807, 2.05) is 23.1 Å². The first-order chi connectivity index (χ1) is 10.1. The van der Waals surface area contributed by atoms with E-state index in [1.165, 1.54) is 12.8 Å². The van der Waals surface area contributed by atoms with Gasteiger partial charge in [-0.3, -0.25) is 4.79 Å². The number of likely N-dealkylation sites (N-methyl/N-ethyl adjacent to an activating group) is 1. The van der Waals surface area contributed by atoms with Crippen molar-refractivity contribution in [2.45, 2.75) is 44.6 Å². The zero-order valence-corrected chi connectivity index (χ0v) is 13.1. The van der Waals surface area contributed by atoms with Gasteiger partial charge in [-0.15, -0.1) is 0 Å². The van der Waals surface area contributed by atoms with Gasteiger partial charge in [0.25, 0.3) is 0 Å². The Hall–Kier alpha value is -1.35. The van der Waals surface area contributed by atoms with E-state index in [2.05, 4.69) is 26.0 Å². The number of carbonyl (C=O) groups is 1. The number of hydrogen-bond acceptors (Lipinski definition) is 2. The Balaban J connectivity index is 1.91. The molecule has 3 heteroatoms. The maximum atomic E-state index is 13.1. The molecule has 0 saturated heterocycles. The van der Waals surface area contributed by atoms with Gasteiger partial charge in [-0.2, -0.15) is 0 Å². The fourth-order valence-corrected chi connectivity index (χ4v) is 3.79. The summed E-state index contributed by atoms with van der Waals surface area (Å²) in [4.78, 5) is 15.1. The van der Waals surface area contributed by atoms with Gasteiger partial charge in [0, 0.05) is 19.1 Å². The standard InChI is InChI=1S/C18H26N2O/c1-3-20(4-2)17(21)18(14-8-6-5-7-9-14)12-15(18)16(19)13-10-11-13/h5-9,13,15-16H,3-4,10-12,19H2,1-2H3/t15-,16+,18+/m0/s1. The molecule has 2 aliphatic carbocycles. The molecule has 0 aromatic heterocycles. The van der Waals surface area contributed by atoms with Crippen molar-refractivity contribution < 1.29 is 4.79 Å². The predicted octanol–water partition coefficient (Wildman–Crippen LogP) is 2.55. The lowest BCUT2D eigenvalue weighted by Gasteiger charge is -2.27. The van der Waals surface area contributed by atoms with Gasteiger partial charge in [0.05, 0.1) is 5.41 Å². The maximum Gasteiger partial charge on any atom is 0.233 e. The third-order valence-electron chi connectivity index (χ3n) is 5.37. The highest BCUT2D eigenvalue weighted by Crippen LogP contribution is 2.59. The highest BCUT2D eigenvalue weighted by atomic mass is 16.2. The molecule has 2 fully saturated rings. The normalized spacial score (nSPS) is 29.0. The Morgan fingerprint density at radius 3 is 2.43 bits per heavy atom. The van der Waals surface area contributed by atoms with Crippen molar-refractivity contribution in [2.24, 2.45) is 17.6 Å². The molecule has 2 N–H and O–H groups in total. The van der Waals surface area contributed by atoms with Crippen LogP contribution in [0.3, 0.4) is 0 Å².